The number of benzene rings is 2. The summed E-state index contributed by atoms with van der Waals surface area (Å²) in [4.78, 5) is 13.0. The zero-order valence-corrected chi connectivity index (χ0v) is 18.5. The minimum Gasteiger partial charge on any atom is -0.476 e. The van der Waals surface area contributed by atoms with Gasteiger partial charge in [-0.25, -0.2) is 8.42 Å². The van der Waals surface area contributed by atoms with Gasteiger partial charge in [-0.1, -0.05) is 42.3 Å². The summed E-state index contributed by atoms with van der Waals surface area (Å²) in [6.07, 6.45) is 0.838. The first-order valence-electron chi connectivity index (χ1n) is 9.41. The summed E-state index contributed by atoms with van der Waals surface area (Å²) in [5.74, 6) is -0.0446. The Labute approximate surface area is 176 Å². The Balaban J connectivity index is 1.86. The van der Waals surface area contributed by atoms with Gasteiger partial charge >= 0.3 is 0 Å². The summed E-state index contributed by atoms with van der Waals surface area (Å²) in [6.45, 7) is 5.92. The van der Waals surface area contributed by atoms with Crippen molar-refractivity contribution in [2.45, 2.75) is 39.3 Å². The summed E-state index contributed by atoms with van der Waals surface area (Å²) in [6, 6.07) is 10.6. The van der Waals surface area contributed by atoms with E-state index in [1.807, 2.05) is 32.9 Å². The van der Waals surface area contributed by atoms with E-state index in [2.05, 4.69) is 11.4 Å². The number of carbonyl (C=O) groups is 1. The molecule has 2 unspecified atom stereocenters. The Morgan fingerprint density at radius 2 is 2.00 bits per heavy atom. The van der Waals surface area contributed by atoms with Crippen LogP contribution in [0.5, 0.6) is 5.75 Å². The Morgan fingerprint density at radius 3 is 2.62 bits per heavy atom. The molecular weight excluding hydrogens is 412 g/mol. The maximum atomic E-state index is 13.0. The van der Waals surface area contributed by atoms with Gasteiger partial charge in [-0.2, -0.15) is 0 Å². The Morgan fingerprint density at radius 1 is 1.28 bits per heavy atom. The predicted molar refractivity (Wildman–Crippen MR) is 115 cm³/mol. The van der Waals surface area contributed by atoms with Crippen LogP contribution >= 0.6 is 11.6 Å². The smallest absolute Gasteiger partial charge is 0.263 e. The van der Waals surface area contributed by atoms with Crippen LogP contribution in [0.4, 0.5) is 5.69 Å². The highest BCUT2D eigenvalue weighted by molar-refractivity contribution is 7.92. The molecule has 1 aliphatic rings. The quantitative estimate of drug-likeness (QED) is 0.774. The maximum absolute atomic E-state index is 13.0. The number of fused-ring (bicyclic) bond motifs is 1. The Bertz CT molecular complexity index is 1040. The van der Waals surface area contributed by atoms with Crippen LogP contribution in [-0.4, -0.2) is 33.2 Å². The van der Waals surface area contributed by atoms with E-state index in [0.29, 0.717) is 22.9 Å². The van der Waals surface area contributed by atoms with Crippen LogP contribution in [-0.2, 0) is 14.8 Å². The van der Waals surface area contributed by atoms with E-state index in [1.165, 1.54) is 10.4 Å². The average Bonchev–Trinajstić information content (AvgIpc) is 2.64. The maximum Gasteiger partial charge on any atom is 0.263 e. The van der Waals surface area contributed by atoms with Crippen molar-refractivity contribution >= 4 is 33.2 Å². The fourth-order valence-corrected chi connectivity index (χ4v) is 4.63. The first-order valence-corrected chi connectivity index (χ1v) is 11.6. The van der Waals surface area contributed by atoms with Gasteiger partial charge < -0.3 is 10.1 Å². The predicted octanol–water partition coefficient (Wildman–Crippen LogP) is 3.75. The molecule has 1 heterocycles. The molecular formula is C21H25ClN2O4S. The topological polar surface area (TPSA) is 75.7 Å². The van der Waals surface area contributed by atoms with E-state index in [0.717, 1.165) is 22.9 Å². The number of nitrogens with one attached hydrogen (secondary N) is 1. The van der Waals surface area contributed by atoms with Crippen LogP contribution in [0.25, 0.3) is 0 Å². The lowest BCUT2D eigenvalue weighted by atomic mass is 9.97. The summed E-state index contributed by atoms with van der Waals surface area (Å²) in [5, 5.41) is 3.41. The first-order chi connectivity index (χ1) is 13.6. The highest BCUT2D eigenvalue weighted by atomic mass is 35.5. The number of rotatable bonds is 5. The lowest BCUT2D eigenvalue weighted by Crippen LogP contribution is -2.51. The molecule has 1 aliphatic heterocycles. The van der Waals surface area contributed by atoms with E-state index >= 15 is 0 Å². The third-order valence-corrected chi connectivity index (χ3v) is 6.39. The molecule has 2 atom stereocenters. The molecule has 0 fully saturated rings. The van der Waals surface area contributed by atoms with Crippen molar-refractivity contribution in [2.75, 3.05) is 17.1 Å². The van der Waals surface area contributed by atoms with Crippen molar-refractivity contribution in [3.63, 3.8) is 0 Å². The number of hydrogen-bond donors (Lipinski definition) is 1. The van der Waals surface area contributed by atoms with E-state index in [4.69, 9.17) is 16.3 Å². The van der Waals surface area contributed by atoms with Crippen LogP contribution in [0.1, 0.15) is 36.1 Å². The summed E-state index contributed by atoms with van der Waals surface area (Å²) < 4.78 is 31.6. The van der Waals surface area contributed by atoms with E-state index in [1.54, 1.807) is 12.1 Å². The van der Waals surface area contributed by atoms with Crippen molar-refractivity contribution in [1.82, 2.24) is 5.32 Å². The molecule has 8 heteroatoms. The third kappa shape index (κ3) is 4.67. The SMILES string of the molecule is CCC(NC(=O)C1CN(S(C)(=O)=O)c2cc(Cl)ccc2O1)c1ccc(C)cc1C. The van der Waals surface area contributed by atoms with Crippen molar-refractivity contribution < 1.29 is 17.9 Å². The zero-order chi connectivity index (χ0) is 21.3. The van der Waals surface area contributed by atoms with Crippen molar-refractivity contribution in [2.24, 2.45) is 0 Å². The fraction of sp³-hybridized carbons (Fsp3) is 0.381. The molecule has 29 heavy (non-hydrogen) atoms. The molecule has 0 bridgehead atoms. The number of aryl methyl sites for hydroxylation is 2. The molecule has 0 spiro atoms. The number of ether oxygens (including phenoxy) is 1. The van der Waals surface area contributed by atoms with Gasteiger partial charge in [0.05, 0.1) is 24.5 Å². The van der Waals surface area contributed by atoms with Crippen LogP contribution in [0, 0.1) is 13.8 Å². The molecule has 0 saturated carbocycles. The van der Waals surface area contributed by atoms with Gasteiger partial charge in [-0.3, -0.25) is 9.10 Å². The Hall–Kier alpha value is -2.25. The van der Waals surface area contributed by atoms with E-state index in [-0.39, 0.29) is 18.5 Å². The molecule has 0 aromatic heterocycles. The second-order valence-corrected chi connectivity index (χ2v) is 9.69. The molecule has 3 rings (SSSR count). The average molecular weight is 437 g/mol. The molecule has 0 radical (unpaired) electrons. The number of sulfonamides is 1. The van der Waals surface area contributed by atoms with Crippen LogP contribution in [0.15, 0.2) is 36.4 Å². The summed E-state index contributed by atoms with van der Waals surface area (Å²) in [7, 11) is -3.61. The number of nitrogens with zero attached hydrogens (tertiary/aromatic N) is 1. The highest BCUT2D eigenvalue weighted by Gasteiger charge is 2.36. The molecule has 0 aliphatic carbocycles. The van der Waals surface area contributed by atoms with Crippen molar-refractivity contribution in [1.29, 1.82) is 0 Å². The van der Waals surface area contributed by atoms with Gasteiger partial charge in [-0.15, -0.1) is 0 Å². The minimum atomic E-state index is -3.61. The van der Waals surface area contributed by atoms with Gasteiger partial charge in [0.2, 0.25) is 10.0 Å². The van der Waals surface area contributed by atoms with Gasteiger partial charge in [-0.05, 0) is 49.6 Å². The minimum absolute atomic E-state index is 0.110. The van der Waals surface area contributed by atoms with Crippen LogP contribution < -0.4 is 14.4 Å². The van der Waals surface area contributed by atoms with Crippen molar-refractivity contribution in [3.05, 3.63) is 58.1 Å². The van der Waals surface area contributed by atoms with E-state index in [9.17, 15) is 13.2 Å². The van der Waals surface area contributed by atoms with Gasteiger partial charge in [0.15, 0.2) is 6.10 Å². The fourth-order valence-electron chi connectivity index (χ4n) is 3.56. The lowest BCUT2D eigenvalue weighted by molar-refractivity contribution is -0.128. The van der Waals surface area contributed by atoms with Gasteiger partial charge in [0.1, 0.15) is 5.75 Å². The van der Waals surface area contributed by atoms with Crippen LogP contribution in [0.3, 0.4) is 0 Å². The second-order valence-electron chi connectivity index (χ2n) is 7.34. The number of hydrogen-bond acceptors (Lipinski definition) is 4. The zero-order valence-electron chi connectivity index (χ0n) is 16.9. The summed E-state index contributed by atoms with van der Waals surface area (Å²) >= 11 is 6.02. The molecule has 2 aromatic carbocycles. The first kappa shape index (κ1) is 21.5. The monoisotopic (exact) mass is 436 g/mol. The Kier molecular flexibility index (Phi) is 6.10. The van der Waals surface area contributed by atoms with Gasteiger partial charge in [0, 0.05) is 5.02 Å². The van der Waals surface area contributed by atoms with Crippen LogP contribution in [0.2, 0.25) is 5.02 Å². The normalized spacial score (nSPS) is 17.3. The standard InChI is InChI=1S/C21H25ClN2O4S/c1-5-17(16-8-6-13(2)10-14(16)3)23-21(25)20-12-24(29(4,26)27)18-11-15(22)7-9-19(18)28-20/h6-11,17,20H,5,12H2,1-4H3,(H,23,25). The molecule has 1 amide bonds. The molecule has 0 saturated heterocycles. The highest BCUT2D eigenvalue weighted by Crippen LogP contribution is 2.37. The van der Waals surface area contributed by atoms with Gasteiger partial charge in [0.25, 0.3) is 5.91 Å². The molecule has 1 N–H and O–H groups in total. The molecule has 2 aromatic rings. The molecule has 156 valence electrons. The lowest BCUT2D eigenvalue weighted by Gasteiger charge is -2.34. The molecule has 6 nitrogen and oxygen atoms in total. The largest absolute Gasteiger partial charge is 0.476 e. The number of anilines is 1. The number of carbonyl (C=O) groups excluding carboxylic acids is 1. The summed E-state index contributed by atoms with van der Waals surface area (Å²) in [5.41, 5.74) is 3.63. The third-order valence-electron chi connectivity index (χ3n) is 5.01. The number of amides is 1. The number of halogens is 1. The van der Waals surface area contributed by atoms with E-state index < -0.39 is 16.1 Å². The second kappa shape index (κ2) is 8.24. The van der Waals surface area contributed by atoms with Crippen molar-refractivity contribution in [3.8, 4) is 5.75 Å².